The van der Waals surface area contributed by atoms with Crippen molar-refractivity contribution < 1.29 is 0 Å². The number of likely N-dealkylation sites (N-methyl/N-ethyl adjacent to an activating group) is 1. The summed E-state index contributed by atoms with van der Waals surface area (Å²) in [5, 5.41) is 0. The summed E-state index contributed by atoms with van der Waals surface area (Å²) in [4.78, 5) is 5.28. The van der Waals surface area contributed by atoms with Crippen LogP contribution in [0.1, 0.15) is 12.5 Å². The molecule has 1 saturated heterocycles. The summed E-state index contributed by atoms with van der Waals surface area (Å²) in [6.07, 6.45) is 0. The molecule has 0 saturated carbocycles. The van der Waals surface area contributed by atoms with Crippen molar-refractivity contribution in [3.05, 3.63) is 28.2 Å². The van der Waals surface area contributed by atoms with E-state index in [1.54, 1.807) is 0 Å². The normalized spacial score (nSPS) is 16.9. The summed E-state index contributed by atoms with van der Waals surface area (Å²) in [5.41, 5.74) is 7.93. The second-order valence-electron chi connectivity index (χ2n) is 4.45. The Labute approximate surface area is 122 Å². The maximum absolute atomic E-state index is 5.82. The molecular formula is C13H18BrN3S. The standard InChI is InChI=1S/C13H18BrN3S/c1-2-16-5-7-17(8-6-16)12-4-3-10(14)9-11(12)13(15)18/h3-4,9H,2,5-8H2,1H3,(H2,15,18). The molecule has 5 heteroatoms. The van der Waals surface area contributed by atoms with E-state index in [4.69, 9.17) is 18.0 Å². The van der Waals surface area contributed by atoms with Gasteiger partial charge in [-0.25, -0.2) is 0 Å². The molecule has 2 N–H and O–H groups in total. The van der Waals surface area contributed by atoms with Crippen LogP contribution in [-0.4, -0.2) is 42.6 Å². The van der Waals surface area contributed by atoms with E-state index in [9.17, 15) is 0 Å². The first kappa shape index (κ1) is 13.8. The van der Waals surface area contributed by atoms with Crippen LogP contribution in [0.25, 0.3) is 0 Å². The van der Waals surface area contributed by atoms with Gasteiger partial charge in [-0.05, 0) is 24.7 Å². The lowest BCUT2D eigenvalue weighted by atomic mass is 10.1. The lowest BCUT2D eigenvalue weighted by molar-refractivity contribution is 0.271. The van der Waals surface area contributed by atoms with Crippen LogP contribution >= 0.6 is 28.1 Å². The highest BCUT2D eigenvalue weighted by Gasteiger charge is 2.19. The number of thiocarbonyl (C=S) groups is 1. The Morgan fingerprint density at radius 1 is 1.33 bits per heavy atom. The van der Waals surface area contributed by atoms with E-state index in [2.05, 4.69) is 38.7 Å². The minimum atomic E-state index is 0.462. The molecule has 0 spiro atoms. The smallest absolute Gasteiger partial charge is 0.106 e. The molecule has 0 aromatic heterocycles. The molecule has 1 aromatic rings. The quantitative estimate of drug-likeness (QED) is 0.863. The Hall–Kier alpha value is -0.650. The Kier molecular flexibility index (Phi) is 4.59. The topological polar surface area (TPSA) is 32.5 Å². The third-order valence-corrected chi connectivity index (χ3v) is 4.10. The Morgan fingerprint density at radius 3 is 2.56 bits per heavy atom. The third-order valence-electron chi connectivity index (χ3n) is 3.38. The zero-order valence-corrected chi connectivity index (χ0v) is 12.9. The lowest BCUT2D eigenvalue weighted by Crippen LogP contribution is -2.46. The van der Waals surface area contributed by atoms with E-state index in [1.807, 2.05) is 12.1 Å². The first-order chi connectivity index (χ1) is 8.61. The second kappa shape index (κ2) is 5.99. The second-order valence-corrected chi connectivity index (χ2v) is 5.80. The molecule has 1 heterocycles. The lowest BCUT2D eigenvalue weighted by Gasteiger charge is -2.36. The van der Waals surface area contributed by atoms with E-state index in [0.29, 0.717) is 4.99 Å². The molecule has 0 unspecified atom stereocenters. The average molecular weight is 328 g/mol. The fraction of sp³-hybridized carbons (Fsp3) is 0.462. The molecule has 1 aromatic carbocycles. The molecule has 98 valence electrons. The summed E-state index contributed by atoms with van der Waals surface area (Å²) < 4.78 is 1.02. The highest BCUT2D eigenvalue weighted by Crippen LogP contribution is 2.25. The Bertz CT molecular complexity index is 442. The highest BCUT2D eigenvalue weighted by molar-refractivity contribution is 9.10. The van der Waals surface area contributed by atoms with Gasteiger partial charge in [0.25, 0.3) is 0 Å². The van der Waals surface area contributed by atoms with Gasteiger partial charge in [0.2, 0.25) is 0 Å². The van der Waals surface area contributed by atoms with Crippen molar-refractivity contribution in [1.82, 2.24) is 4.90 Å². The third kappa shape index (κ3) is 3.02. The molecule has 0 atom stereocenters. The van der Waals surface area contributed by atoms with Crippen LogP contribution in [0.15, 0.2) is 22.7 Å². The predicted octanol–water partition coefficient (Wildman–Crippen LogP) is 2.23. The molecule has 1 aliphatic rings. The van der Waals surface area contributed by atoms with Crippen LogP contribution < -0.4 is 10.6 Å². The minimum absolute atomic E-state index is 0.462. The summed E-state index contributed by atoms with van der Waals surface area (Å²) in [6, 6.07) is 6.15. The number of piperazine rings is 1. The van der Waals surface area contributed by atoms with Crippen LogP contribution in [0.4, 0.5) is 5.69 Å². The van der Waals surface area contributed by atoms with Crippen LogP contribution in [0.2, 0.25) is 0 Å². The summed E-state index contributed by atoms with van der Waals surface area (Å²) in [7, 11) is 0. The zero-order valence-electron chi connectivity index (χ0n) is 10.5. The molecule has 2 rings (SSSR count). The van der Waals surface area contributed by atoms with Gasteiger partial charge in [0, 0.05) is 41.9 Å². The number of halogens is 1. The van der Waals surface area contributed by atoms with Crippen molar-refractivity contribution in [2.24, 2.45) is 5.73 Å². The largest absolute Gasteiger partial charge is 0.389 e. The van der Waals surface area contributed by atoms with E-state index < -0.39 is 0 Å². The number of rotatable bonds is 3. The molecule has 18 heavy (non-hydrogen) atoms. The van der Waals surface area contributed by atoms with Crippen molar-refractivity contribution in [3.8, 4) is 0 Å². The van der Waals surface area contributed by atoms with Crippen LogP contribution in [-0.2, 0) is 0 Å². The van der Waals surface area contributed by atoms with Crippen molar-refractivity contribution in [1.29, 1.82) is 0 Å². The fourth-order valence-electron chi connectivity index (χ4n) is 2.29. The predicted molar refractivity (Wildman–Crippen MR) is 84.4 cm³/mol. The van der Waals surface area contributed by atoms with Gasteiger partial charge in [0.05, 0.1) is 0 Å². The van der Waals surface area contributed by atoms with Gasteiger partial charge in [-0.1, -0.05) is 35.1 Å². The first-order valence-electron chi connectivity index (χ1n) is 6.18. The van der Waals surface area contributed by atoms with Gasteiger partial charge < -0.3 is 15.5 Å². The van der Waals surface area contributed by atoms with Crippen LogP contribution in [0, 0.1) is 0 Å². The number of hydrogen-bond acceptors (Lipinski definition) is 3. The van der Waals surface area contributed by atoms with Gasteiger partial charge in [-0.2, -0.15) is 0 Å². The number of benzene rings is 1. The van der Waals surface area contributed by atoms with E-state index in [1.165, 1.54) is 0 Å². The maximum Gasteiger partial charge on any atom is 0.106 e. The number of hydrogen-bond donors (Lipinski definition) is 1. The monoisotopic (exact) mass is 327 g/mol. The highest BCUT2D eigenvalue weighted by atomic mass is 79.9. The minimum Gasteiger partial charge on any atom is -0.389 e. The van der Waals surface area contributed by atoms with Crippen LogP contribution in [0.3, 0.4) is 0 Å². The van der Waals surface area contributed by atoms with Gasteiger partial charge in [0.1, 0.15) is 4.99 Å². The van der Waals surface area contributed by atoms with Crippen molar-refractivity contribution in [3.63, 3.8) is 0 Å². The van der Waals surface area contributed by atoms with E-state index in [0.717, 1.165) is 48.4 Å². The first-order valence-corrected chi connectivity index (χ1v) is 7.38. The molecular weight excluding hydrogens is 310 g/mol. The Morgan fingerprint density at radius 2 is 2.00 bits per heavy atom. The van der Waals surface area contributed by atoms with E-state index in [-0.39, 0.29) is 0 Å². The van der Waals surface area contributed by atoms with Crippen molar-refractivity contribution in [2.75, 3.05) is 37.6 Å². The number of nitrogens with two attached hydrogens (primary N) is 1. The SMILES string of the molecule is CCN1CCN(c2ccc(Br)cc2C(N)=S)CC1. The molecule has 0 aliphatic carbocycles. The molecule has 1 fully saturated rings. The number of anilines is 1. The summed E-state index contributed by atoms with van der Waals surface area (Å²) in [5.74, 6) is 0. The number of nitrogens with zero attached hydrogens (tertiary/aromatic N) is 2. The van der Waals surface area contributed by atoms with Gasteiger partial charge in [0.15, 0.2) is 0 Å². The van der Waals surface area contributed by atoms with Gasteiger partial charge in [-0.3, -0.25) is 0 Å². The van der Waals surface area contributed by atoms with Gasteiger partial charge in [-0.15, -0.1) is 0 Å². The van der Waals surface area contributed by atoms with Crippen molar-refractivity contribution >= 4 is 38.8 Å². The molecule has 0 bridgehead atoms. The summed E-state index contributed by atoms with van der Waals surface area (Å²) >= 11 is 8.61. The summed E-state index contributed by atoms with van der Waals surface area (Å²) in [6.45, 7) is 7.59. The molecule has 1 aliphatic heterocycles. The zero-order chi connectivity index (χ0) is 13.1. The van der Waals surface area contributed by atoms with Gasteiger partial charge >= 0.3 is 0 Å². The molecule has 0 amide bonds. The van der Waals surface area contributed by atoms with E-state index >= 15 is 0 Å². The maximum atomic E-state index is 5.82. The van der Waals surface area contributed by atoms with Crippen LogP contribution in [0.5, 0.6) is 0 Å². The molecule has 0 radical (unpaired) electrons. The fourth-order valence-corrected chi connectivity index (χ4v) is 2.81. The average Bonchev–Trinajstić information content (AvgIpc) is 2.39. The molecule has 3 nitrogen and oxygen atoms in total. The Balaban J connectivity index is 2.21. The van der Waals surface area contributed by atoms with Crippen molar-refractivity contribution in [2.45, 2.75) is 6.92 Å².